The number of hydrogen-bond acceptors (Lipinski definition) is 10. The second-order valence-electron chi connectivity index (χ2n) is 5.29. The molecular weight excluding hydrogens is 354 g/mol. The zero-order valence-electron chi connectivity index (χ0n) is 14.6. The van der Waals surface area contributed by atoms with Crippen LogP contribution in [-0.2, 0) is 42.9 Å². The molecule has 1 aliphatic rings. The van der Waals surface area contributed by atoms with E-state index in [4.69, 9.17) is 29.2 Å². The summed E-state index contributed by atoms with van der Waals surface area (Å²) < 4.78 is 25.6. The lowest BCUT2D eigenvalue weighted by Crippen LogP contribution is -2.61. The van der Waals surface area contributed by atoms with Crippen LogP contribution in [0.1, 0.15) is 27.7 Å². The lowest BCUT2D eigenvalue weighted by atomic mass is 9.97. The van der Waals surface area contributed by atoms with Crippen molar-refractivity contribution in [2.24, 2.45) is 5.11 Å². The summed E-state index contributed by atoms with van der Waals surface area (Å²) in [7, 11) is 0. The van der Waals surface area contributed by atoms with Crippen LogP contribution in [0.5, 0.6) is 0 Å². The Bertz CT molecular complexity index is 617. The number of carbonyl (C=O) groups is 4. The third-order valence-electron chi connectivity index (χ3n) is 3.13. The lowest BCUT2D eigenvalue weighted by molar-refractivity contribution is -0.251. The molecule has 0 N–H and O–H groups in total. The summed E-state index contributed by atoms with van der Waals surface area (Å²) in [5.74, 6) is -2.92. The van der Waals surface area contributed by atoms with E-state index in [9.17, 15) is 19.2 Å². The van der Waals surface area contributed by atoms with Crippen LogP contribution in [0.4, 0.5) is 0 Å². The summed E-state index contributed by atoms with van der Waals surface area (Å²) in [6, 6.07) is 0. The molecule has 1 unspecified atom stereocenters. The zero-order valence-corrected chi connectivity index (χ0v) is 14.6. The minimum atomic E-state index is -1.40. The Morgan fingerprint density at radius 2 is 1.38 bits per heavy atom. The van der Waals surface area contributed by atoms with E-state index in [1.807, 2.05) is 0 Å². The average molecular weight is 373 g/mol. The molecular formula is C14H19N3O9. The fourth-order valence-electron chi connectivity index (χ4n) is 2.35. The summed E-state index contributed by atoms with van der Waals surface area (Å²) in [5.41, 5.74) is 8.71. The van der Waals surface area contributed by atoms with Gasteiger partial charge in [-0.3, -0.25) is 19.2 Å². The number of carbonyl (C=O) groups excluding carboxylic acids is 4. The van der Waals surface area contributed by atoms with Crippen LogP contribution in [-0.4, -0.2) is 61.1 Å². The van der Waals surface area contributed by atoms with E-state index in [0.717, 1.165) is 27.7 Å². The first-order valence-electron chi connectivity index (χ1n) is 7.50. The van der Waals surface area contributed by atoms with Crippen LogP contribution in [0.2, 0.25) is 0 Å². The molecule has 0 aromatic carbocycles. The third kappa shape index (κ3) is 6.22. The third-order valence-corrected chi connectivity index (χ3v) is 3.13. The highest BCUT2D eigenvalue weighted by atomic mass is 16.7. The van der Waals surface area contributed by atoms with Crippen LogP contribution in [0.3, 0.4) is 0 Å². The second-order valence-corrected chi connectivity index (χ2v) is 5.29. The van der Waals surface area contributed by atoms with Gasteiger partial charge in [-0.25, -0.2) is 0 Å². The Morgan fingerprint density at radius 3 is 1.85 bits per heavy atom. The molecule has 1 saturated heterocycles. The van der Waals surface area contributed by atoms with Crippen LogP contribution in [0, 0.1) is 0 Å². The molecule has 5 atom stereocenters. The van der Waals surface area contributed by atoms with Crippen molar-refractivity contribution in [2.75, 3.05) is 6.61 Å². The van der Waals surface area contributed by atoms with E-state index in [1.54, 1.807) is 0 Å². The molecule has 0 aromatic heterocycles. The number of esters is 4. The standard InChI is InChI=1S/C14H19N3O9/c1-6(18)22-5-10-11(23-7(2)19)12(24-8(3)20)13(25-9(4)21)14(26-10)16-17-15/h10-14H,5H2,1-4H3/t10-,11-,12+,13-,14?/m0/s1. The molecule has 26 heavy (non-hydrogen) atoms. The van der Waals surface area contributed by atoms with Gasteiger partial charge in [0.1, 0.15) is 12.7 Å². The number of azide groups is 1. The van der Waals surface area contributed by atoms with Crippen molar-refractivity contribution in [3.05, 3.63) is 10.4 Å². The smallest absolute Gasteiger partial charge is 0.303 e. The van der Waals surface area contributed by atoms with Crippen LogP contribution < -0.4 is 0 Å². The first-order chi connectivity index (χ1) is 12.1. The molecule has 0 radical (unpaired) electrons. The molecule has 0 amide bonds. The maximum atomic E-state index is 11.5. The first kappa shape index (κ1) is 21.2. The second kappa shape index (κ2) is 9.59. The summed E-state index contributed by atoms with van der Waals surface area (Å²) in [4.78, 5) is 48.0. The van der Waals surface area contributed by atoms with Crippen molar-refractivity contribution in [3.63, 3.8) is 0 Å². The highest BCUT2D eigenvalue weighted by Gasteiger charge is 2.51. The van der Waals surface area contributed by atoms with Gasteiger partial charge in [0.05, 0.1) is 0 Å². The number of hydrogen-bond donors (Lipinski definition) is 0. The van der Waals surface area contributed by atoms with Crippen molar-refractivity contribution in [2.45, 2.75) is 58.3 Å². The Kier molecular flexibility index (Phi) is 7.81. The molecule has 0 aliphatic carbocycles. The molecule has 12 nitrogen and oxygen atoms in total. The van der Waals surface area contributed by atoms with Gasteiger partial charge < -0.3 is 23.7 Å². The van der Waals surface area contributed by atoms with Gasteiger partial charge in [0.2, 0.25) is 0 Å². The van der Waals surface area contributed by atoms with Gasteiger partial charge in [0.15, 0.2) is 24.5 Å². The maximum absolute atomic E-state index is 11.5. The van der Waals surface area contributed by atoms with Crippen LogP contribution in [0.25, 0.3) is 10.4 Å². The van der Waals surface area contributed by atoms with Crippen molar-refractivity contribution in [1.29, 1.82) is 0 Å². The van der Waals surface area contributed by atoms with Gasteiger partial charge in [-0.05, 0) is 5.53 Å². The van der Waals surface area contributed by atoms with E-state index in [1.165, 1.54) is 0 Å². The highest BCUT2D eigenvalue weighted by Crippen LogP contribution is 2.29. The van der Waals surface area contributed by atoms with E-state index in [2.05, 4.69) is 10.0 Å². The SMILES string of the molecule is CC(=O)OC[C@@H]1OC(N=[N+]=[N-])[C@@H](OC(C)=O)[C@H](OC(C)=O)[C@H]1OC(C)=O. The largest absolute Gasteiger partial charge is 0.463 e. The number of nitrogens with zero attached hydrogens (tertiary/aromatic N) is 3. The van der Waals surface area contributed by atoms with E-state index in [0.29, 0.717) is 0 Å². The normalized spacial score (nSPS) is 27.5. The first-order valence-corrected chi connectivity index (χ1v) is 7.50. The molecule has 0 aromatic rings. The molecule has 1 fully saturated rings. The van der Waals surface area contributed by atoms with E-state index < -0.39 is 54.5 Å². The maximum Gasteiger partial charge on any atom is 0.303 e. The van der Waals surface area contributed by atoms with Gasteiger partial charge in [-0.15, -0.1) is 0 Å². The molecule has 12 heteroatoms. The van der Waals surface area contributed by atoms with E-state index >= 15 is 0 Å². The molecule has 0 spiro atoms. The Labute approximate surface area is 148 Å². The van der Waals surface area contributed by atoms with Crippen molar-refractivity contribution >= 4 is 23.9 Å². The fourth-order valence-corrected chi connectivity index (χ4v) is 2.35. The predicted octanol–water partition coefficient (Wildman–Crippen LogP) is 0.380. The van der Waals surface area contributed by atoms with Crippen molar-refractivity contribution in [3.8, 4) is 0 Å². The fraction of sp³-hybridized carbons (Fsp3) is 0.714. The van der Waals surface area contributed by atoms with Crippen LogP contribution in [0.15, 0.2) is 5.11 Å². The zero-order chi connectivity index (χ0) is 19.9. The Balaban J connectivity index is 3.28. The highest BCUT2D eigenvalue weighted by molar-refractivity contribution is 5.68. The summed E-state index contributed by atoms with van der Waals surface area (Å²) in [6.07, 6.45) is -6.52. The van der Waals surface area contributed by atoms with Gasteiger partial charge in [0, 0.05) is 32.6 Å². The Morgan fingerprint density at radius 1 is 0.885 bits per heavy atom. The van der Waals surface area contributed by atoms with E-state index in [-0.39, 0.29) is 6.61 Å². The summed E-state index contributed by atoms with van der Waals surface area (Å²) in [5, 5.41) is 3.38. The van der Waals surface area contributed by atoms with Gasteiger partial charge in [-0.1, -0.05) is 5.11 Å². The van der Waals surface area contributed by atoms with Gasteiger partial charge in [-0.2, -0.15) is 0 Å². The number of ether oxygens (including phenoxy) is 5. The van der Waals surface area contributed by atoms with Crippen molar-refractivity contribution < 1.29 is 42.9 Å². The molecule has 1 rings (SSSR count). The average Bonchev–Trinajstić information content (AvgIpc) is 2.50. The minimum absolute atomic E-state index is 0.380. The summed E-state index contributed by atoms with van der Waals surface area (Å²) >= 11 is 0. The molecule has 0 saturated carbocycles. The Hall–Kier alpha value is -2.85. The minimum Gasteiger partial charge on any atom is -0.463 e. The topological polar surface area (TPSA) is 163 Å². The van der Waals surface area contributed by atoms with Gasteiger partial charge >= 0.3 is 23.9 Å². The quantitative estimate of drug-likeness (QED) is 0.210. The van der Waals surface area contributed by atoms with Gasteiger partial charge in [0.25, 0.3) is 0 Å². The lowest BCUT2D eigenvalue weighted by Gasteiger charge is -2.43. The molecule has 1 heterocycles. The van der Waals surface area contributed by atoms with Crippen molar-refractivity contribution in [1.82, 2.24) is 0 Å². The van der Waals surface area contributed by atoms with Crippen LogP contribution >= 0.6 is 0 Å². The summed E-state index contributed by atoms with van der Waals surface area (Å²) in [6.45, 7) is 4.06. The molecule has 144 valence electrons. The molecule has 0 bridgehead atoms. The number of rotatable bonds is 6. The monoisotopic (exact) mass is 373 g/mol. The predicted molar refractivity (Wildman–Crippen MR) is 81.1 cm³/mol. The molecule has 1 aliphatic heterocycles.